The molecule has 0 unspecified atom stereocenters. The number of allylic oxidation sites excluding steroid dienone is 1. The van der Waals surface area contributed by atoms with E-state index in [1.165, 1.54) is 7.11 Å². The van der Waals surface area contributed by atoms with E-state index in [-0.39, 0.29) is 0 Å². The summed E-state index contributed by atoms with van der Waals surface area (Å²) in [5.74, 6) is 0. The smallest absolute Gasteiger partial charge is 0.0637 e. The van der Waals surface area contributed by atoms with E-state index >= 15 is 0 Å². The van der Waals surface area contributed by atoms with Crippen molar-refractivity contribution in [2.24, 2.45) is 0 Å². The maximum atomic E-state index is 8.49. The predicted molar refractivity (Wildman–Crippen MR) is 69.4 cm³/mol. The molecule has 0 atom stereocenters. The number of hydrogen-bond donors (Lipinski definition) is 1. The lowest BCUT2D eigenvalue weighted by molar-refractivity contribution is 0.136. The van der Waals surface area contributed by atoms with E-state index in [1.807, 2.05) is 12.1 Å². The van der Waals surface area contributed by atoms with Crippen LogP contribution in [0.3, 0.4) is 0 Å². The highest BCUT2D eigenvalue weighted by atomic mass is 35.5. The molecular weight excluding hydrogens is 259 g/mol. The van der Waals surface area contributed by atoms with Crippen molar-refractivity contribution in [1.29, 1.82) is 5.26 Å². The number of nitriles is 1. The summed E-state index contributed by atoms with van der Waals surface area (Å²) in [5, 5.41) is 9.47. The van der Waals surface area contributed by atoms with Crippen molar-refractivity contribution in [1.82, 2.24) is 5.48 Å². The van der Waals surface area contributed by atoms with Crippen LogP contribution < -0.4 is 5.48 Å². The van der Waals surface area contributed by atoms with Crippen molar-refractivity contribution >= 4 is 28.9 Å². The highest BCUT2D eigenvalue weighted by Crippen LogP contribution is 2.25. The standard InChI is InChI=1S/C12H12Cl2N2O/c1-17-16-12(4-2-3-7-15)9-5-6-10(13)11(14)8-9/h4-6,8,16H,2-3H2,1H3/b12-4-. The molecule has 1 rings (SSSR count). The summed E-state index contributed by atoms with van der Waals surface area (Å²) in [6, 6.07) is 7.37. The zero-order chi connectivity index (χ0) is 12.7. The Hall–Kier alpha value is -1.21. The molecule has 1 aromatic carbocycles. The van der Waals surface area contributed by atoms with Gasteiger partial charge in [-0.2, -0.15) is 5.26 Å². The SMILES string of the molecule is CON/C(=C\CCC#N)c1ccc(Cl)c(Cl)c1. The highest BCUT2D eigenvalue weighted by molar-refractivity contribution is 6.42. The fraction of sp³-hybridized carbons (Fsp3) is 0.250. The number of halogens is 2. The minimum absolute atomic E-state index is 0.455. The summed E-state index contributed by atoms with van der Waals surface area (Å²) < 4.78 is 0. The number of hydroxylamine groups is 1. The Kier molecular flexibility index (Phi) is 5.85. The lowest BCUT2D eigenvalue weighted by Crippen LogP contribution is -2.10. The van der Waals surface area contributed by atoms with Crippen molar-refractivity contribution in [2.45, 2.75) is 12.8 Å². The van der Waals surface area contributed by atoms with E-state index in [1.54, 1.807) is 12.1 Å². The van der Waals surface area contributed by atoms with Gasteiger partial charge >= 0.3 is 0 Å². The molecule has 0 radical (unpaired) electrons. The van der Waals surface area contributed by atoms with Gasteiger partial charge in [0.05, 0.1) is 28.9 Å². The number of nitrogens with one attached hydrogen (secondary N) is 1. The van der Waals surface area contributed by atoms with Crippen molar-refractivity contribution in [3.05, 3.63) is 39.9 Å². The Balaban J connectivity index is 2.93. The summed E-state index contributed by atoms with van der Waals surface area (Å²) >= 11 is 11.8. The monoisotopic (exact) mass is 270 g/mol. The molecule has 0 bridgehead atoms. The molecule has 3 nitrogen and oxygen atoms in total. The quantitative estimate of drug-likeness (QED) is 0.654. The maximum Gasteiger partial charge on any atom is 0.0637 e. The third-order valence-corrected chi connectivity index (χ3v) is 2.79. The third-order valence-electron chi connectivity index (χ3n) is 2.05. The van der Waals surface area contributed by atoms with Gasteiger partial charge in [0.1, 0.15) is 0 Å². The van der Waals surface area contributed by atoms with E-state index in [4.69, 9.17) is 33.3 Å². The second-order valence-electron chi connectivity index (χ2n) is 3.25. The van der Waals surface area contributed by atoms with Gasteiger partial charge in [0.25, 0.3) is 0 Å². The Morgan fingerprint density at radius 2 is 2.24 bits per heavy atom. The van der Waals surface area contributed by atoms with Gasteiger partial charge in [-0.1, -0.05) is 35.3 Å². The molecule has 0 aliphatic carbocycles. The van der Waals surface area contributed by atoms with Gasteiger partial charge in [-0.3, -0.25) is 10.3 Å². The summed E-state index contributed by atoms with van der Waals surface area (Å²) in [7, 11) is 1.52. The third kappa shape index (κ3) is 4.27. The van der Waals surface area contributed by atoms with E-state index in [2.05, 4.69) is 11.5 Å². The Morgan fingerprint density at radius 1 is 1.47 bits per heavy atom. The van der Waals surface area contributed by atoms with Crippen molar-refractivity contribution < 1.29 is 4.84 Å². The van der Waals surface area contributed by atoms with Gasteiger partial charge in [0, 0.05) is 12.0 Å². The van der Waals surface area contributed by atoms with E-state index in [9.17, 15) is 0 Å². The predicted octanol–water partition coefficient (Wildman–Crippen LogP) is 3.79. The van der Waals surface area contributed by atoms with Gasteiger partial charge in [0.2, 0.25) is 0 Å². The summed E-state index contributed by atoms with van der Waals surface area (Å²) in [6.45, 7) is 0. The van der Waals surface area contributed by atoms with Gasteiger partial charge in [-0.05, 0) is 18.6 Å². The van der Waals surface area contributed by atoms with Crippen LogP contribution in [0.5, 0.6) is 0 Å². The first-order valence-electron chi connectivity index (χ1n) is 5.00. The number of benzene rings is 1. The van der Waals surface area contributed by atoms with Crippen LogP contribution in [0.15, 0.2) is 24.3 Å². The molecule has 0 fully saturated rings. The number of hydrogen-bond acceptors (Lipinski definition) is 3. The van der Waals surface area contributed by atoms with Crippen molar-refractivity contribution in [2.75, 3.05) is 7.11 Å². The number of nitrogens with zero attached hydrogens (tertiary/aromatic N) is 1. The zero-order valence-corrected chi connectivity index (χ0v) is 10.8. The molecular formula is C12H12Cl2N2O. The highest BCUT2D eigenvalue weighted by Gasteiger charge is 2.04. The molecule has 0 aliphatic heterocycles. The summed E-state index contributed by atoms with van der Waals surface area (Å²) in [4.78, 5) is 4.88. The molecule has 0 spiro atoms. The molecule has 0 aromatic heterocycles. The van der Waals surface area contributed by atoms with Crippen LogP contribution in [0, 0.1) is 11.3 Å². The first-order chi connectivity index (χ1) is 8.19. The molecule has 0 saturated heterocycles. The average molecular weight is 271 g/mol. The zero-order valence-electron chi connectivity index (χ0n) is 9.34. The molecule has 1 N–H and O–H groups in total. The minimum Gasteiger partial charge on any atom is -0.279 e. The average Bonchev–Trinajstić information content (AvgIpc) is 2.32. The minimum atomic E-state index is 0.455. The largest absolute Gasteiger partial charge is 0.279 e. The topological polar surface area (TPSA) is 45.0 Å². The van der Waals surface area contributed by atoms with E-state index in [0.29, 0.717) is 22.9 Å². The fourth-order valence-corrected chi connectivity index (χ4v) is 1.57. The van der Waals surface area contributed by atoms with Crippen LogP contribution in [-0.2, 0) is 4.84 Å². The van der Waals surface area contributed by atoms with Crippen LogP contribution in [0.25, 0.3) is 5.70 Å². The number of rotatable bonds is 5. The molecule has 0 saturated carbocycles. The van der Waals surface area contributed by atoms with Gasteiger partial charge in [0.15, 0.2) is 0 Å². The van der Waals surface area contributed by atoms with E-state index < -0.39 is 0 Å². The summed E-state index contributed by atoms with van der Waals surface area (Å²) in [6.07, 6.45) is 2.98. The molecule has 5 heteroatoms. The first-order valence-corrected chi connectivity index (χ1v) is 5.76. The van der Waals surface area contributed by atoms with Gasteiger partial charge < -0.3 is 0 Å². The van der Waals surface area contributed by atoms with Crippen LogP contribution >= 0.6 is 23.2 Å². The second-order valence-corrected chi connectivity index (χ2v) is 4.06. The van der Waals surface area contributed by atoms with Gasteiger partial charge in [-0.15, -0.1) is 0 Å². The Bertz CT molecular complexity index is 452. The lowest BCUT2D eigenvalue weighted by Gasteiger charge is -2.09. The molecule has 1 aromatic rings. The lowest BCUT2D eigenvalue weighted by atomic mass is 10.1. The molecule has 90 valence electrons. The molecule has 0 amide bonds. The summed E-state index contributed by atoms with van der Waals surface area (Å²) in [5.41, 5.74) is 4.38. The fourth-order valence-electron chi connectivity index (χ4n) is 1.27. The van der Waals surface area contributed by atoms with Crippen LogP contribution in [0.2, 0.25) is 10.0 Å². The molecule has 0 heterocycles. The van der Waals surface area contributed by atoms with Crippen LogP contribution in [0.1, 0.15) is 18.4 Å². The maximum absolute atomic E-state index is 8.49. The van der Waals surface area contributed by atoms with Crippen LogP contribution in [0.4, 0.5) is 0 Å². The van der Waals surface area contributed by atoms with Gasteiger partial charge in [-0.25, -0.2) is 0 Å². The molecule has 17 heavy (non-hydrogen) atoms. The normalized spacial score (nSPS) is 11.1. The Labute approximate surface area is 111 Å². The van der Waals surface area contributed by atoms with Crippen LogP contribution in [-0.4, -0.2) is 7.11 Å². The second kappa shape index (κ2) is 7.18. The van der Waals surface area contributed by atoms with Crippen molar-refractivity contribution in [3.8, 4) is 6.07 Å². The van der Waals surface area contributed by atoms with Crippen molar-refractivity contribution in [3.63, 3.8) is 0 Å². The number of unbranched alkanes of at least 4 members (excludes halogenated alkanes) is 1. The Morgan fingerprint density at radius 3 is 2.82 bits per heavy atom. The van der Waals surface area contributed by atoms with E-state index in [0.717, 1.165) is 11.3 Å². The first kappa shape index (κ1) is 13.9. The molecule has 0 aliphatic rings.